The van der Waals surface area contributed by atoms with E-state index in [4.69, 9.17) is 10.2 Å². The van der Waals surface area contributed by atoms with Crippen LogP contribution in [-0.4, -0.2) is 32.9 Å². The van der Waals surface area contributed by atoms with Crippen LogP contribution in [0.5, 0.6) is 0 Å². The van der Waals surface area contributed by atoms with Crippen molar-refractivity contribution < 1.29 is 0 Å². The lowest BCUT2D eigenvalue weighted by Gasteiger charge is -2.40. The molecule has 1 spiro atoms. The second-order valence-corrected chi connectivity index (χ2v) is 8.39. The minimum atomic E-state index is -0.0641. The van der Waals surface area contributed by atoms with Gasteiger partial charge >= 0.3 is 0 Å². The lowest BCUT2D eigenvalue weighted by atomic mass is 9.77. The van der Waals surface area contributed by atoms with Gasteiger partial charge in [0.05, 0.1) is 17.3 Å². The Morgan fingerprint density at radius 2 is 2.07 bits per heavy atom. The van der Waals surface area contributed by atoms with Crippen LogP contribution in [0, 0.1) is 11.3 Å². The summed E-state index contributed by atoms with van der Waals surface area (Å²) in [6.07, 6.45) is 7.37. The van der Waals surface area contributed by atoms with Crippen molar-refractivity contribution >= 4 is 0 Å². The molecule has 150 valence electrons. The summed E-state index contributed by atoms with van der Waals surface area (Å²) in [5, 5.41) is 9.01. The topological polar surface area (TPSA) is 85.7 Å². The summed E-state index contributed by atoms with van der Waals surface area (Å²) in [6.45, 7) is 2.79. The van der Waals surface area contributed by atoms with Gasteiger partial charge in [-0.25, -0.2) is 4.98 Å². The van der Waals surface area contributed by atoms with E-state index in [-0.39, 0.29) is 11.0 Å². The summed E-state index contributed by atoms with van der Waals surface area (Å²) < 4.78 is 0. The van der Waals surface area contributed by atoms with E-state index >= 15 is 0 Å². The monoisotopic (exact) mass is 397 g/mol. The van der Waals surface area contributed by atoms with E-state index in [9.17, 15) is 4.79 Å². The van der Waals surface area contributed by atoms with Gasteiger partial charge in [-0.1, -0.05) is 12.1 Å². The molecule has 0 bridgehead atoms. The number of aromatic nitrogens is 3. The Kier molecular flexibility index (Phi) is 4.68. The van der Waals surface area contributed by atoms with Crippen molar-refractivity contribution in [2.75, 3.05) is 13.1 Å². The van der Waals surface area contributed by atoms with E-state index in [2.05, 4.69) is 20.9 Å². The molecule has 1 fully saturated rings. The standard InChI is InChI=1S/C24H23N5O/c25-13-17-4-6-18(7-5-17)15-29-12-2-9-24(16-29)10-8-20-21(24)27-22(28-23(20)30)19-3-1-11-26-14-19/h1,3-7,11,14H,2,8-10,12,15-16H2,(H,27,28,30). The Hall–Kier alpha value is -3.30. The quantitative estimate of drug-likeness (QED) is 0.734. The van der Waals surface area contributed by atoms with Crippen LogP contribution in [0.25, 0.3) is 11.4 Å². The van der Waals surface area contributed by atoms with Gasteiger partial charge in [0.2, 0.25) is 0 Å². The fourth-order valence-corrected chi connectivity index (χ4v) is 4.99. The molecule has 5 rings (SSSR count). The smallest absolute Gasteiger partial charge is 0.254 e. The first-order chi connectivity index (χ1) is 14.7. The van der Waals surface area contributed by atoms with E-state index < -0.39 is 0 Å². The van der Waals surface area contributed by atoms with Crippen molar-refractivity contribution in [3.05, 3.63) is 81.5 Å². The Labute approximate surface area is 175 Å². The molecule has 2 aromatic heterocycles. The molecule has 30 heavy (non-hydrogen) atoms. The van der Waals surface area contributed by atoms with Gasteiger partial charge in [0.1, 0.15) is 5.82 Å². The zero-order valence-corrected chi connectivity index (χ0v) is 16.8. The predicted molar refractivity (Wildman–Crippen MR) is 114 cm³/mol. The Morgan fingerprint density at radius 3 is 2.83 bits per heavy atom. The first-order valence-corrected chi connectivity index (χ1v) is 10.4. The lowest BCUT2D eigenvalue weighted by Crippen LogP contribution is -2.45. The number of pyridine rings is 1. The average molecular weight is 397 g/mol. The molecule has 0 radical (unpaired) electrons. The number of hydrogen-bond acceptors (Lipinski definition) is 5. The molecule has 0 saturated carbocycles. The van der Waals surface area contributed by atoms with Crippen molar-refractivity contribution in [2.45, 2.75) is 37.6 Å². The highest BCUT2D eigenvalue weighted by Crippen LogP contribution is 2.43. The van der Waals surface area contributed by atoms with Crippen LogP contribution >= 0.6 is 0 Å². The van der Waals surface area contributed by atoms with Crippen LogP contribution in [0.3, 0.4) is 0 Å². The number of piperidine rings is 1. The minimum Gasteiger partial charge on any atom is -0.306 e. The largest absolute Gasteiger partial charge is 0.306 e. The molecule has 2 aliphatic rings. The molecule has 0 amide bonds. The van der Waals surface area contributed by atoms with Gasteiger partial charge < -0.3 is 4.98 Å². The van der Waals surface area contributed by atoms with Gasteiger partial charge in [0, 0.05) is 42.0 Å². The average Bonchev–Trinajstić information content (AvgIpc) is 3.13. The first-order valence-electron chi connectivity index (χ1n) is 10.4. The van der Waals surface area contributed by atoms with Crippen LogP contribution in [0.4, 0.5) is 0 Å². The highest BCUT2D eigenvalue weighted by atomic mass is 16.1. The van der Waals surface area contributed by atoms with Crippen molar-refractivity contribution in [1.29, 1.82) is 5.26 Å². The Morgan fingerprint density at radius 1 is 1.20 bits per heavy atom. The SMILES string of the molecule is N#Cc1ccc(CN2CCCC3(CCc4c3nc(-c3cccnc3)[nH]c4=O)C2)cc1. The van der Waals surface area contributed by atoms with Crippen LogP contribution in [-0.2, 0) is 18.4 Å². The number of nitrogens with zero attached hydrogens (tertiary/aromatic N) is 4. The van der Waals surface area contributed by atoms with Gasteiger partial charge in [-0.15, -0.1) is 0 Å². The summed E-state index contributed by atoms with van der Waals surface area (Å²) in [4.78, 5) is 27.4. The third-order valence-corrected chi connectivity index (χ3v) is 6.45. The van der Waals surface area contributed by atoms with Gasteiger partial charge in [-0.3, -0.25) is 14.7 Å². The molecule has 1 saturated heterocycles. The van der Waals surface area contributed by atoms with Crippen molar-refractivity contribution in [3.8, 4) is 17.5 Å². The number of nitriles is 1. The number of H-pyrrole nitrogens is 1. The first kappa shape index (κ1) is 18.7. The third kappa shape index (κ3) is 3.31. The number of rotatable bonds is 3. The second kappa shape index (κ2) is 7.51. The summed E-state index contributed by atoms with van der Waals surface area (Å²) in [5.74, 6) is 0.609. The molecule has 1 atom stereocenters. The molecular formula is C24H23N5O. The molecule has 6 nitrogen and oxygen atoms in total. The van der Waals surface area contributed by atoms with Crippen LogP contribution in [0.2, 0.25) is 0 Å². The zero-order valence-electron chi connectivity index (χ0n) is 16.8. The van der Waals surface area contributed by atoms with Crippen LogP contribution in [0.1, 0.15) is 41.6 Å². The summed E-state index contributed by atoms with van der Waals surface area (Å²) in [6, 6.07) is 13.8. The van der Waals surface area contributed by atoms with Gasteiger partial charge in [-0.2, -0.15) is 5.26 Å². The van der Waals surface area contributed by atoms with E-state index in [1.165, 1.54) is 5.56 Å². The fraction of sp³-hybridized carbons (Fsp3) is 0.333. The fourth-order valence-electron chi connectivity index (χ4n) is 4.99. The second-order valence-electron chi connectivity index (χ2n) is 8.39. The number of likely N-dealkylation sites (tertiary alicyclic amines) is 1. The predicted octanol–water partition coefficient (Wildman–Crippen LogP) is 3.18. The van der Waals surface area contributed by atoms with Gasteiger partial charge in [0.25, 0.3) is 5.56 Å². The maximum atomic E-state index is 12.8. The molecule has 1 aliphatic heterocycles. The highest BCUT2D eigenvalue weighted by Gasteiger charge is 2.44. The van der Waals surface area contributed by atoms with Crippen molar-refractivity contribution in [1.82, 2.24) is 19.9 Å². The zero-order chi connectivity index (χ0) is 20.6. The maximum Gasteiger partial charge on any atom is 0.254 e. The molecular weight excluding hydrogens is 374 g/mol. The van der Waals surface area contributed by atoms with E-state index in [1.54, 1.807) is 12.4 Å². The van der Waals surface area contributed by atoms with E-state index in [0.717, 1.165) is 62.1 Å². The number of fused-ring (bicyclic) bond motifs is 2. The lowest BCUT2D eigenvalue weighted by molar-refractivity contribution is 0.137. The van der Waals surface area contributed by atoms with Crippen molar-refractivity contribution in [3.63, 3.8) is 0 Å². The molecule has 6 heteroatoms. The summed E-state index contributed by atoms with van der Waals surface area (Å²) >= 11 is 0. The number of aromatic amines is 1. The summed E-state index contributed by atoms with van der Waals surface area (Å²) in [5.41, 5.74) is 4.48. The van der Waals surface area contributed by atoms with Gasteiger partial charge in [-0.05, 0) is 62.1 Å². The molecule has 1 N–H and O–H groups in total. The Balaban J connectivity index is 1.45. The van der Waals surface area contributed by atoms with E-state index in [1.807, 2.05) is 36.4 Å². The van der Waals surface area contributed by atoms with E-state index in [0.29, 0.717) is 11.4 Å². The molecule has 1 unspecified atom stereocenters. The summed E-state index contributed by atoms with van der Waals surface area (Å²) in [7, 11) is 0. The molecule has 1 aromatic carbocycles. The number of benzene rings is 1. The normalized spacial score (nSPS) is 20.8. The molecule has 3 aromatic rings. The molecule has 1 aliphatic carbocycles. The van der Waals surface area contributed by atoms with Gasteiger partial charge in [0.15, 0.2) is 0 Å². The maximum absolute atomic E-state index is 12.8. The van der Waals surface area contributed by atoms with Crippen LogP contribution < -0.4 is 5.56 Å². The Bertz CT molecular complexity index is 1160. The highest BCUT2D eigenvalue weighted by molar-refractivity contribution is 5.54. The number of hydrogen-bond donors (Lipinski definition) is 1. The van der Waals surface area contributed by atoms with Crippen molar-refractivity contribution in [2.24, 2.45) is 0 Å². The third-order valence-electron chi connectivity index (χ3n) is 6.45. The van der Waals surface area contributed by atoms with Crippen LogP contribution in [0.15, 0.2) is 53.6 Å². The number of nitrogens with one attached hydrogen (secondary N) is 1. The minimum absolute atomic E-state index is 0.0139. The molecule has 3 heterocycles.